The summed E-state index contributed by atoms with van der Waals surface area (Å²) in [6.07, 6.45) is 0. The molecule has 0 heterocycles. The van der Waals surface area contributed by atoms with Crippen LogP contribution in [-0.4, -0.2) is 8.42 Å². The quantitative estimate of drug-likeness (QED) is 0.506. The molecule has 0 aliphatic heterocycles. The zero-order valence-corrected chi connectivity index (χ0v) is 17.4. The van der Waals surface area contributed by atoms with Gasteiger partial charge >= 0.3 is 0 Å². The van der Waals surface area contributed by atoms with Gasteiger partial charge in [-0.05, 0) is 62.2 Å². The van der Waals surface area contributed by atoms with Crippen molar-refractivity contribution >= 4 is 27.3 Å². The van der Waals surface area contributed by atoms with E-state index in [-0.39, 0.29) is 5.02 Å². The Morgan fingerprint density at radius 1 is 0.929 bits per heavy atom. The molecule has 1 unspecified atom stereocenters. The molecule has 1 atom stereocenters. The molecule has 28 heavy (non-hydrogen) atoms. The number of nitrogens with zero attached hydrogens (tertiary/aromatic N) is 1. The van der Waals surface area contributed by atoms with E-state index in [1.165, 1.54) is 10.4 Å². The van der Waals surface area contributed by atoms with Crippen molar-refractivity contribution in [2.75, 3.05) is 4.31 Å². The molecule has 0 bridgehead atoms. The molecule has 3 nitrogen and oxygen atoms in total. The summed E-state index contributed by atoms with van der Waals surface area (Å²) in [6.45, 7) is 5.63. The fraction of sp³-hybridized carbons (Fsp3) is 0.182. The van der Waals surface area contributed by atoms with Gasteiger partial charge in [0, 0.05) is 5.02 Å². The van der Waals surface area contributed by atoms with Gasteiger partial charge in [-0.2, -0.15) is 0 Å². The van der Waals surface area contributed by atoms with E-state index >= 15 is 0 Å². The Labute approximate surface area is 170 Å². The minimum Gasteiger partial charge on any atom is -0.259 e. The normalized spacial score (nSPS) is 12.6. The number of hydrogen-bond acceptors (Lipinski definition) is 2. The van der Waals surface area contributed by atoms with Crippen molar-refractivity contribution in [2.24, 2.45) is 0 Å². The van der Waals surface area contributed by atoms with Crippen LogP contribution in [0.15, 0.2) is 71.6 Å². The van der Waals surface area contributed by atoms with Gasteiger partial charge in [0.2, 0.25) is 0 Å². The van der Waals surface area contributed by atoms with E-state index in [1.807, 2.05) is 44.2 Å². The zero-order valence-electron chi connectivity index (χ0n) is 15.9. The Hall–Kier alpha value is -2.37. The highest BCUT2D eigenvalue weighted by Gasteiger charge is 2.32. The van der Waals surface area contributed by atoms with E-state index in [9.17, 15) is 12.8 Å². The average molecular weight is 418 g/mol. The molecule has 3 rings (SSSR count). The van der Waals surface area contributed by atoms with E-state index < -0.39 is 26.8 Å². The summed E-state index contributed by atoms with van der Waals surface area (Å²) < 4.78 is 42.8. The van der Waals surface area contributed by atoms with Gasteiger partial charge in [-0.25, -0.2) is 12.8 Å². The van der Waals surface area contributed by atoms with Crippen LogP contribution in [0.2, 0.25) is 5.02 Å². The molecule has 3 aromatic carbocycles. The maximum atomic E-state index is 14.5. The molecule has 0 amide bonds. The summed E-state index contributed by atoms with van der Waals surface area (Å²) in [5, 5.41) is 0.159. The summed E-state index contributed by atoms with van der Waals surface area (Å²) in [5.41, 5.74) is 3.24. The smallest absolute Gasteiger partial charge is 0.259 e. The first-order valence-electron chi connectivity index (χ1n) is 8.83. The highest BCUT2D eigenvalue weighted by Crippen LogP contribution is 2.35. The SMILES string of the molecule is Cc1ccc(C(C)N(c2cccc(C)c2)S(=O)(=O)c2cc(Cl)ccc2F)cc1. The lowest BCUT2D eigenvalue weighted by Gasteiger charge is -2.31. The molecular weight excluding hydrogens is 397 g/mol. The van der Waals surface area contributed by atoms with Crippen LogP contribution in [0, 0.1) is 19.7 Å². The van der Waals surface area contributed by atoms with Crippen LogP contribution in [0.3, 0.4) is 0 Å². The first-order chi connectivity index (χ1) is 13.2. The Bertz CT molecular complexity index is 1100. The summed E-state index contributed by atoms with van der Waals surface area (Å²) in [6, 6.07) is 17.7. The second kappa shape index (κ2) is 7.94. The summed E-state index contributed by atoms with van der Waals surface area (Å²) in [5.74, 6) is -0.835. The monoisotopic (exact) mass is 417 g/mol. The van der Waals surface area contributed by atoms with Crippen molar-refractivity contribution in [3.63, 3.8) is 0 Å². The number of aryl methyl sites for hydroxylation is 2. The lowest BCUT2D eigenvalue weighted by Crippen LogP contribution is -2.34. The third-order valence-electron chi connectivity index (χ3n) is 4.60. The number of benzene rings is 3. The molecule has 146 valence electrons. The fourth-order valence-electron chi connectivity index (χ4n) is 3.10. The Morgan fingerprint density at radius 2 is 1.61 bits per heavy atom. The van der Waals surface area contributed by atoms with Crippen molar-refractivity contribution in [3.8, 4) is 0 Å². The van der Waals surface area contributed by atoms with Gasteiger partial charge < -0.3 is 0 Å². The van der Waals surface area contributed by atoms with Crippen LogP contribution >= 0.6 is 11.6 Å². The molecule has 0 aliphatic carbocycles. The highest BCUT2D eigenvalue weighted by molar-refractivity contribution is 7.92. The number of rotatable bonds is 5. The van der Waals surface area contributed by atoms with Crippen LogP contribution in [-0.2, 0) is 10.0 Å². The maximum Gasteiger partial charge on any atom is 0.267 e. The molecule has 6 heteroatoms. The van der Waals surface area contributed by atoms with Gasteiger partial charge in [-0.3, -0.25) is 4.31 Å². The van der Waals surface area contributed by atoms with Crippen molar-refractivity contribution in [1.29, 1.82) is 0 Å². The van der Waals surface area contributed by atoms with Crippen LogP contribution in [0.4, 0.5) is 10.1 Å². The Morgan fingerprint density at radius 3 is 2.25 bits per heavy atom. The van der Waals surface area contributed by atoms with E-state index in [1.54, 1.807) is 25.1 Å². The van der Waals surface area contributed by atoms with Crippen molar-refractivity contribution < 1.29 is 12.8 Å². The lowest BCUT2D eigenvalue weighted by atomic mass is 10.1. The third kappa shape index (κ3) is 4.05. The van der Waals surface area contributed by atoms with Crippen LogP contribution < -0.4 is 4.31 Å². The lowest BCUT2D eigenvalue weighted by molar-refractivity contribution is 0.558. The topological polar surface area (TPSA) is 37.4 Å². The molecular formula is C22H21ClFNO2S. The summed E-state index contributed by atoms with van der Waals surface area (Å²) in [7, 11) is -4.21. The second-order valence-corrected chi connectivity index (χ2v) is 9.02. The van der Waals surface area contributed by atoms with Crippen LogP contribution in [0.5, 0.6) is 0 Å². The van der Waals surface area contributed by atoms with Gasteiger partial charge in [0.15, 0.2) is 0 Å². The van der Waals surface area contributed by atoms with Gasteiger partial charge in [0.25, 0.3) is 10.0 Å². The number of hydrogen-bond donors (Lipinski definition) is 0. The fourth-order valence-corrected chi connectivity index (χ4v) is 5.06. The van der Waals surface area contributed by atoms with Gasteiger partial charge in [-0.15, -0.1) is 0 Å². The first kappa shape index (κ1) is 20.4. The van der Waals surface area contributed by atoms with Gasteiger partial charge in [0.1, 0.15) is 10.7 Å². The Kier molecular flexibility index (Phi) is 5.77. The zero-order chi connectivity index (χ0) is 20.5. The van der Waals surface area contributed by atoms with Crippen molar-refractivity contribution in [2.45, 2.75) is 31.7 Å². The van der Waals surface area contributed by atoms with E-state index in [0.717, 1.165) is 28.8 Å². The van der Waals surface area contributed by atoms with Gasteiger partial charge in [-0.1, -0.05) is 53.6 Å². The van der Waals surface area contributed by atoms with Crippen molar-refractivity contribution in [3.05, 3.63) is 94.3 Å². The van der Waals surface area contributed by atoms with Crippen LogP contribution in [0.25, 0.3) is 0 Å². The van der Waals surface area contributed by atoms with E-state index in [4.69, 9.17) is 11.6 Å². The van der Waals surface area contributed by atoms with E-state index in [2.05, 4.69) is 0 Å². The predicted octanol–water partition coefficient (Wildman–Crippen LogP) is 6.05. The Balaban J connectivity index is 2.21. The highest BCUT2D eigenvalue weighted by atomic mass is 35.5. The van der Waals surface area contributed by atoms with Crippen molar-refractivity contribution in [1.82, 2.24) is 0 Å². The molecule has 0 aliphatic rings. The summed E-state index contributed by atoms with van der Waals surface area (Å²) >= 11 is 5.96. The van der Waals surface area contributed by atoms with Gasteiger partial charge in [0.05, 0.1) is 11.7 Å². The largest absolute Gasteiger partial charge is 0.267 e. The average Bonchev–Trinajstić information content (AvgIpc) is 2.64. The molecule has 0 N–H and O–H groups in total. The molecule has 0 radical (unpaired) electrons. The number of anilines is 1. The standard InChI is InChI=1S/C22H21ClFNO2S/c1-15-7-9-18(10-8-15)17(3)25(20-6-4-5-16(2)13-20)28(26,27)22-14-19(23)11-12-21(22)24/h4-14,17H,1-3H3. The summed E-state index contributed by atoms with van der Waals surface area (Å²) in [4.78, 5) is -0.444. The van der Waals surface area contributed by atoms with Crippen LogP contribution in [0.1, 0.15) is 29.7 Å². The molecule has 0 aromatic heterocycles. The minimum atomic E-state index is -4.21. The number of halogens is 2. The minimum absolute atomic E-state index is 0.159. The maximum absolute atomic E-state index is 14.5. The molecule has 0 saturated heterocycles. The number of sulfonamides is 1. The predicted molar refractivity (Wildman–Crippen MR) is 112 cm³/mol. The first-order valence-corrected chi connectivity index (χ1v) is 10.6. The van der Waals surface area contributed by atoms with E-state index in [0.29, 0.717) is 5.69 Å². The molecule has 0 fully saturated rings. The second-order valence-electron chi connectivity index (χ2n) is 6.80. The molecule has 3 aromatic rings. The molecule has 0 saturated carbocycles. The third-order valence-corrected chi connectivity index (χ3v) is 6.75. The molecule has 0 spiro atoms.